The zero-order valence-corrected chi connectivity index (χ0v) is 17.1. The normalized spacial score (nSPS) is 19.4. The number of nitrogens with zero attached hydrogens (tertiary/aromatic N) is 5. The number of benzene rings is 1. The first kappa shape index (κ1) is 19.6. The Labute approximate surface area is 176 Å². The van der Waals surface area contributed by atoms with Crippen LogP contribution in [0.5, 0.6) is 0 Å². The van der Waals surface area contributed by atoms with Crippen molar-refractivity contribution < 1.29 is 9.18 Å². The van der Waals surface area contributed by atoms with Crippen LogP contribution in [0.4, 0.5) is 15.9 Å². The number of piperidine rings is 2. The van der Waals surface area contributed by atoms with E-state index in [4.69, 9.17) is 34.8 Å². The molecule has 1 spiro atoms. The zero-order chi connectivity index (χ0) is 19.9. The Morgan fingerprint density at radius 1 is 1.07 bits per heavy atom. The molecular formula is C18H17Cl3FN5O. The zero-order valence-electron chi connectivity index (χ0n) is 14.8. The highest BCUT2D eigenvalue weighted by Crippen LogP contribution is 2.42. The Hall–Kier alpha value is -1.70. The predicted octanol–water partition coefficient (Wildman–Crippen LogP) is 4.53. The van der Waals surface area contributed by atoms with Crippen LogP contribution in [0, 0.1) is 5.82 Å². The number of aromatic nitrogens is 3. The van der Waals surface area contributed by atoms with Crippen LogP contribution in [0.25, 0.3) is 0 Å². The van der Waals surface area contributed by atoms with Crippen LogP contribution in [0.2, 0.25) is 15.5 Å². The van der Waals surface area contributed by atoms with Gasteiger partial charge in [-0.25, -0.2) is 4.39 Å². The number of anilines is 2. The molecule has 28 heavy (non-hydrogen) atoms. The molecule has 0 bridgehead atoms. The van der Waals surface area contributed by atoms with Crippen molar-refractivity contribution in [2.75, 3.05) is 22.9 Å². The second-order valence-electron chi connectivity index (χ2n) is 7.09. The lowest BCUT2D eigenvalue weighted by Gasteiger charge is -2.51. The van der Waals surface area contributed by atoms with E-state index >= 15 is 0 Å². The molecule has 2 aliphatic heterocycles. The van der Waals surface area contributed by atoms with Gasteiger partial charge in [0.15, 0.2) is 11.0 Å². The maximum Gasteiger partial charge on any atom is 0.245 e. The van der Waals surface area contributed by atoms with E-state index in [-0.39, 0.29) is 26.9 Å². The molecule has 4 rings (SSSR count). The third kappa shape index (κ3) is 3.51. The Balaban J connectivity index is 1.62. The van der Waals surface area contributed by atoms with Crippen molar-refractivity contribution in [2.24, 2.45) is 0 Å². The average molecular weight is 445 g/mol. The Bertz CT molecular complexity index is 920. The summed E-state index contributed by atoms with van der Waals surface area (Å²) in [5.74, 6) is -0.0347. The third-order valence-electron chi connectivity index (χ3n) is 5.51. The molecule has 2 aromatic rings. The van der Waals surface area contributed by atoms with E-state index in [0.29, 0.717) is 43.9 Å². The molecule has 2 fully saturated rings. The molecule has 2 aliphatic rings. The summed E-state index contributed by atoms with van der Waals surface area (Å²) in [5.41, 5.74) is 0.174. The third-order valence-corrected chi connectivity index (χ3v) is 6.23. The van der Waals surface area contributed by atoms with Gasteiger partial charge >= 0.3 is 0 Å². The Kier molecular flexibility index (Phi) is 5.33. The number of hydrogen-bond donors (Lipinski definition) is 0. The molecule has 0 aliphatic carbocycles. The summed E-state index contributed by atoms with van der Waals surface area (Å²) in [5, 5.41) is 7.72. The Morgan fingerprint density at radius 2 is 1.82 bits per heavy atom. The van der Waals surface area contributed by atoms with Crippen molar-refractivity contribution in [1.29, 1.82) is 0 Å². The minimum absolute atomic E-state index is 0.00574. The summed E-state index contributed by atoms with van der Waals surface area (Å²) in [6, 6.07) is 4.53. The van der Waals surface area contributed by atoms with Gasteiger partial charge in [0.1, 0.15) is 5.82 Å². The van der Waals surface area contributed by atoms with E-state index in [2.05, 4.69) is 15.2 Å². The van der Waals surface area contributed by atoms with Crippen molar-refractivity contribution in [2.45, 2.75) is 37.6 Å². The number of hydrogen-bond acceptors (Lipinski definition) is 5. The van der Waals surface area contributed by atoms with E-state index in [1.54, 1.807) is 11.0 Å². The summed E-state index contributed by atoms with van der Waals surface area (Å²) >= 11 is 17.8. The first-order valence-corrected chi connectivity index (χ1v) is 10.1. The van der Waals surface area contributed by atoms with Crippen LogP contribution in [-0.4, -0.2) is 39.7 Å². The molecule has 1 amide bonds. The molecular weight excluding hydrogens is 428 g/mol. The van der Waals surface area contributed by atoms with Crippen molar-refractivity contribution in [3.05, 3.63) is 39.5 Å². The van der Waals surface area contributed by atoms with Gasteiger partial charge in [-0.3, -0.25) is 4.79 Å². The Morgan fingerprint density at radius 3 is 2.54 bits per heavy atom. The van der Waals surface area contributed by atoms with Crippen LogP contribution in [0.1, 0.15) is 32.1 Å². The summed E-state index contributed by atoms with van der Waals surface area (Å²) in [6.07, 6.45) is 3.51. The standard InChI is InChI=1S/C18H17Cl3FN5O/c19-12-4-3-11(10-13(12)22)27-14(28)2-1-5-18(27)6-8-26(9-7-18)16-15(20)24-25-17(21)23-16/h3-4,10H,1-2,5-9H2. The molecule has 1 aromatic heterocycles. The summed E-state index contributed by atoms with van der Waals surface area (Å²) < 4.78 is 14.1. The maximum absolute atomic E-state index is 14.1. The lowest BCUT2D eigenvalue weighted by atomic mass is 9.78. The minimum Gasteiger partial charge on any atom is -0.354 e. The van der Waals surface area contributed by atoms with Gasteiger partial charge in [-0.05, 0) is 55.5 Å². The number of carbonyl (C=O) groups is 1. The fourth-order valence-electron chi connectivity index (χ4n) is 4.19. The molecule has 10 heteroatoms. The topological polar surface area (TPSA) is 62.2 Å². The molecule has 0 saturated carbocycles. The van der Waals surface area contributed by atoms with Crippen LogP contribution in [-0.2, 0) is 4.79 Å². The first-order chi connectivity index (χ1) is 13.4. The smallest absolute Gasteiger partial charge is 0.245 e. The second-order valence-corrected chi connectivity index (χ2v) is 8.19. The molecule has 0 radical (unpaired) electrons. The first-order valence-electron chi connectivity index (χ1n) is 8.98. The summed E-state index contributed by atoms with van der Waals surface area (Å²) in [4.78, 5) is 20.7. The fourth-order valence-corrected chi connectivity index (χ4v) is 4.63. The molecule has 148 valence electrons. The number of carbonyl (C=O) groups excluding carboxylic acids is 1. The fraction of sp³-hybridized carbons (Fsp3) is 0.444. The quantitative estimate of drug-likeness (QED) is 0.681. The lowest BCUT2D eigenvalue weighted by molar-refractivity contribution is -0.121. The minimum atomic E-state index is -0.529. The SMILES string of the molecule is O=C1CCCC2(CCN(c3nc(Cl)nnc3Cl)CC2)N1c1ccc(Cl)c(F)c1. The molecule has 2 saturated heterocycles. The van der Waals surface area contributed by atoms with Gasteiger partial charge in [0.25, 0.3) is 0 Å². The molecule has 0 atom stereocenters. The van der Waals surface area contributed by atoms with Gasteiger partial charge in [-0.15, -0.1) is 10.2 Å². The van der Waals surface area contributed by atoms with Crippen molar-refractivity contribution in [3.8, 4) is 0 Å². The monoisotopic (exact) mass is 443 g/mol. The van der Waals surface area contributed by atoms with E-state index in [0.717, 1.165) is 12.8 Å². The van der Waals surface area contributed by atoms with Gasteiger partial charge in [0, 0.05) is 25.2 Å². The van der Waals surface area contributed by atoms with Crippen LogP contribution in [0.15, 0.2) is 18.2 Å². The molecule has 1 aromatic carbocycles. The average Bonchev–Trinajstić information content (AvgIpc) is 2.67. The maximum atomic E-state index is 14.1. The van der Waals surface area contributed by atoms with E-state index in [9.17, 15) is 9.18 Å². The van der Waals surface area contributed by atoms with Gasteiger partial charge in [0.05, 0.1) is 10.6 Å². The summed E-state index contributed by atoms with van der Waals surface area (Å²) in [7, 11) is 0. The van der Waals surface area contributed by atoms with Crippen molar-refractivity contribution in [3.63, 3.8) is 0 Å². The predicted molar refractivity (Wildman–Crippen MR) is 107 cm³/mol. The summed E-state index contributed by atoms with van der Waals surface area (Å²) in [6.45, 7) is 1.24. The lowest BCUT2D eigenvalue weighted by Crippen LogP contribution is -2.60. The van der Waals surface area contributed by atoms with Gasteiger partial charge in [0.2, 0.25) is 11.2 Å². The highest BCUT2D eigenvalue weighted by molar-refractivity contribution is 6.32. The van der Waals surface area contributed by atoms with E-state index in [1.165, 1.54) is 12.1 Å². The van der Waals surface area contributed by atoms with Crippen molar-refractivity contribution >= 4 is 52.2 Å². The molecule has 0 N–H and O–H groups in total. The van der Waals surface area contributed by atoms with Crippen molar-refractivity contribution in [1.82, 2.24) is 15.2 Å². The van der Waals surface area contributed by atoms with E-state index < -0.39 is 5.82 Å². The van der Waals surface area contributed by atoms with Crippen LogP contribution >= 0.6 is 34.8 Å². The molecule has 0 unspecified atom stereocenters. The van der Waals surface area contributed by atoms with Gasteiger partial charge < -0.3 is 9.80 Å². The van der Waals surface area contributed by atoms with Crippen LogP contribution < -0.4 is 9.80 Å². The number of halogens is 4. The van der Waals surface area contributed by atoms with E-state index in [1.807, 2.05) is 4.90 Å². The molecule has 3 heterocycles. The number of amides is 1. The molecule has 6 nitrogen and oxygen atoms in total. The number of rotatable bonds is 2. The highest BCUT2D eigenvalue weighted by Gasteiger charge is 2.45. The second kappa shape index (κ2) is 7.61. The largest absolute Gasteiger partial charge is 0.354 e. The van der Waals surface area contributed by atoms with Gasteiger partial charge in [-0.1, -0.05) is 23.2 Å². The van der Waals surface area contributed by atoms with Gasteiger partial charge in [-0.2, -0.15) is 4.98 Å². The van der Waals surface area contributed by atoms with Crippen LogP contribution in [0.3, 0.4) is 0 Å². The highest BCUT2D eigenvalue weighted by atomic mass is 35.5.